The molecule has 30 heavy (non-hydrogen) atoms. The van der Waals surface area contributed by atoms with Crippen LogP contribution in [0.5, 0.6) is 11.5 Å². The first-order valence-corrected chi connectivity index (χ1v) is 10.0. The van der Waals surface area contributed by atoms with E-state index in [2.05, 4.69) is 11.4 Å². The summed E-state index contributed by atoms with van der Waals surface area (Å²) in [7, 11) is 3.10. The summed E-state index contributed by atoms with van der Waals surface area (Å²) in [4.78, 5) is 24.7. The van der Waals surface area contributed by atoms with Crippen LogP contribution in [0, 0.1) is 0 Å². The number of ether oxygens (including phenoxy) is 3. The van der Waals surface area contributed by atoms with Gasteiger partial charge in [-0.3, -0.25) is 4.79 Å². The largest absolute Gasteiger partial charge is 0.493 e. The molecule has 1 N–H and O–H groups in total. The van der Waals surface area contributed by atoms with Crippen LogP contribution in [-0.2, 0) is 20.7 Å². The Bertz CT molecular complexity index is 937. The molecule has 0 heterocycles. The molecule has 2 atom stereocenters. The van der Waals surface area contributed by atoms with E-state index in [4.69, 9.17) is 14.2 Å². The lowest BCUT2D eigenvalue weighted by Gasteiger charge is -2.27. The van der Waals surface area contributed by atoms with E-state index in [9.17, 15) is 9.59 Å². The molecule has 0 aromatic heterocycles. The summed E-state index contributed by atoms with van der Waals surface area (Å²) in [5.74, 6) is 0.279. The predicted octanol–water partition coefficient (Wildman–Crippen LogP) is 3.84. The number of methoxy groups -OCH3 is 2. The number of carbonyl (C=O) groups is 2. The average molecular weight is 409 g/mol. The molecule has 3 rings (SSSR count). The van der Waals surface area contributed by atoms with Gasteiger partial charge in [0, 0.05) is 6.08 Å². The SMILES string of the molecule is COc1ccc(/C=C/C(=O)O[C@@H](C)C(=O)N[C@@H]2CCCc3ccccc32)cc1OC. The van der Waals surface area contributed by atoms with Gasteiger partial charge in [-0.05, 0) is 61.1 Å². The second kappa shape index (κ2) is 9.96. The number of rotatable bonds is 7. The second-order valence-electron chi connectivity index (χ2n) is 7.18. The second-order valence-corrected chi connectivity index (χ2v) is 7.18. The fraction of sp³-hybridized carbons (Fsp3) is 0.333. The van der Waals surface area contributed by atoms with Crippen molar-refractivity contribution in [2.45, 2.75) is 38.3 Å². The minimum atomic E-state index is -0.887. The minimum Gasteiger partial charge on any atom is -0.493 e. The number of carbonyl (C=O) groups excluding carboxylic acids is 2. The Morgan fingerprint density at radius 1 is 1.10 bits per heavy atom. The summed E-state index contributed by atoms with van der Waals surface area (Å²) in [5, 5.41) is 3.01. The van der Waals surface area contributed by atoms with Crippen LogP contribution in [0.25, 0.3) is 6.08 Å². The summed E-state index contributed by atoms with van der Waals surface area (Å²) in [6, 6.07) is 13.4. The van der Waals surface area contributed by atoms with Gasteiger partial charge in [0.2, 0.25) is 0 Å². The van der Waals surface area contributed by atoms with Crippen LogP contribution in [0.4, 0.5) is 0 Å². The quantitative estimate of drug-likeness (QED) is 0.556. The van der Waals surface area contributed by atoms with Crippen molar-refractivity contribution in [1.29, 1.82) is 0 Å². The van der Waals surface area contributed by atoms with Gasteiger partial charge in [-0.25, -0.2) is 4.79 Å². The highest BCUT2D eigenvalue weighted by molar-refractivity contribution is 5.90. The zero-order valence-electron chi connectivity index (χ0n) is 17.5. The Hall–Kier alpha value is -3.28. The highest BCUT2D eigenvalue weighted by atomic mass is 16.5. The number of fused-ring (bicyclic) bond motifs is 1. The normalized spacial score (nSPS) is 16.4. The molecular weight excluding hydrogens is 382 g/mol. The lowest BCUT2D eigenvalue weighted by atomic mass is 9.87. The van der Waals surface area contributed by atoms with Crippen LogP contribution in [0.15, 0.2) is 48.5 Å². The van der Waals surface area contributed by atoms with E-state index >= 15 is 0 Å². The Morgan fingerprint density at radius 3 is 2.63 bits per heavy atom. The number of benzene rings is 2. The van der Waals surface area contributed by atoms with Crippen molar-refractivity contribution in [2.24, 2.45) is 0 Å². The van der Waals surface area contributed by atoms with Gasteiger partial charge >= 0.3 is 5.97 Å². The van der Waals surface area contributed by atoms with Crippen molar-refractivity contribution in [3.63, 3.8) is 0 Å². The van der Waals surface area contributed by atoms with Gasteiger partial charge in [0.25, 0.3) is 5.91 Å². The molecule has 0 saturated heterocycles. The van der Waals surface area contributed by atoms with Crippen molar-refractivity contribution in [1.82, 2.24) is 5.32 Å². The van der Waals surface area contributed by atoms with Crippen molar-refractivity contribution in [2.75, 3.05) is 14.2 Å². The van der Waals surface area contributed by atoms with E-state index < -0.39 is 12.1 Å². The highest BCUT2D eigenvalue weighted by Crippen LogP contribution is 2.30. The highest BCUT2D eigenvalue weighted by Gasteiger charge is 2.24. The van der Waals surface area contributed by atoms with Crippen LogP contribution in [0.2, 0.25) is 0 Å². The topological polar surface area (TPSA) is 73.9 Å². The van der Waals surface area contributed by atoms with Crippen molar-refractivity contribution >= 4 is 18.0 Å². The third-order valence-electron chi connectivity index (χ3n) is 5.17. The van der Waals surface area contributed by atoms with E-state index in [1.165, 1.54) is 11.6 Å². The van der Waals surface area contributed by atoms with Gasteiger partial charge < -0.3 is 19.5 Å². The summed E-state index contributed by atoms with van der Waals surface area (Å²) in [5.41, 5.74) is 3.15. The molecule has 2 aromatic carbocycles. The predicted molar refractivity (Wildman–Crippen MR) is 114 cm³/mol. The van der Waals surface area contributed by atoms with E-state index in [1.807, 2.05) is 18.2 Å². The maximum Gasteiger partial charge on any atom is 0.331 e. The smallest absolute Gasteiger partial charge is 0.331 e. The molecule has 0 radical (unpaired) electrons. The zero-order chi connectivity index (χ0) is 21.5. The Labute approximate surface area is 176 Å². The van der Waals surface area contributed by atoms with Gasteiger partial charge in [-0.15, -0.1) is 0 Å². The molecule has 158 valence electrons. The van der Waals surface area contributed by atoms with Crippen molar-refractivity contribution in [3.8, 4) is 11.5 Å². The van der Waals surface area contributed by atoms with E-state index in [0.717, 1.165) is 30.4 Å². The molecule has 0 aliphatic heterocycles. The van der Waals surface area contributed by atoms with E-state index in [0.29, 0.717) is 11.5 Å². The summed E-state index contributed by atoms with van der Waals surface area (Å²) < 4.78 is 15.7. The van der Waals surface area contributed by atoms with Crippen molar-refractivity contribution < 1.29 is 23.8 Å². The molecule has 1 aliphatic carbocycles. The first kappa shape index (κ1) is 21.4. The van der Waals surface area contributed by atoms with Crippen LogP contribution in [-0.4, -0.2) is 32.2 Å². The van der Waals surface area contributed by atoms with Crippen molar-refractivity contribution in [3.05, 3.63) is 65.2 Å². The maximum atomic E-state index is 12.5. The minimum absolute atomic E-state index is 0.0501. The Morgan fingerprint density at radius 2 is 1.87 bits per heavy atom. The third-order valence-corrected chi connectivity index (χ3v) is 5.17. The fourth-order valence-corrected chi connectivity index (χ4v) is 3.58. The average Bonchev–Trinajstić information content (AvgIpc) is 2.77. The first-order chi connectivity index (χ1) is 14.5. The number of aryl methyl sites for hydroxylation is 1. The molecule has 0 spiro atoms. The number of hydrogen-bond donors (Lipinski definition) is 1. The summed E-state index contributed by atoms with van der Waals surface area (Å²) in [6.45, 7) is 1.58. The Kier molecular flexibility index (Phi) is 7.12. The zero-order valence-corrected chi connectivity index (χ0v) is 17.5. The van der Waals surface area contributed by atoms with Gasteiger partial charge in [0.15, 0.2) is 17.6 Å². The molecule has 0 saturated carbocycles. The number of hydrogen-bond acceptors (Lipinski definition) is 5. The van der Waals surface area contributed by atoms with Crippen LogP contribution in [0.3, 0.4) is 0 Å². The first-order valence-electron chi connectivity index (χ1n) is 10.0. The van der Waals surface area contributed by atoms with Gasteiger partial charge in [0.05, 0.1) is 20.3 Å². The molecule has 6 heteroatoms. The van der Waals surface area contributed by atoms with Crippen LogP contribution >= 0.6 is 0 Å². The van der Waals surface area contributed by atoms with Gasteiger partial charge in [0.1, 0.15) is 0 Å². The van der Waals surface area contributed by atoms with E-state index in [-0.39, 0.29) is 11.9 Å². The summed E-state index contributed by atoms with van der Waals surface area (Å²) in [6.07, 6.45) is 4.93. The third kappa shape index (κ3) is 5.20. The van der Waals surface area contributed by atoms with Crippen LogP contribution in [0.1, 0.15) is 42.5 Å². The monoisotopic (exact) mass is 409 g/mol. The molecule has 6 nitrogen and oxygen atoms in total. The molecule has 2 aromatic rings. The molecule has 0 fully saturated rings. The lowest BCUT2D eigenvalue weighted by molar-refractivity contribution is -0.150. The molecule has 1 aliphatic rings. The Balaban J connectivity index is 1.57. The molecular formula is C24H27NO5. The summed E-state index contributed by atoms with van der Waals surface area (Å²) >= 11 is 0. The van der Waals surface area contributed by atoms with Crippen LogP contribution < -0.4 is 14.8 Å². The standard InChI is InChI=1S/C24H27NO5/c1-16(24(27)25-20-10-6-8-18-7-4-5-9-19(18)20)30-23(26)14-12-17-11-13-21(28-2)22(15-17)29-3/h4-5,7,9,11-16,20H,6,8,10H2,1-3H3,(H,25,27)/b14-12+/t16-,20+/m0/s1. The molecule has 0 bridgehead atoms. The van der Waals surface area contributed by atoms with Gasteiger partial charge in [-0.2, -0.15) is 0 Å². The number of esters is 1. The maximum absolute atomic E-state index is 12.5. The lowest BCUT2D eigenvalue weighted by Crippen LogP contribution is -2.39. The molecule has 0 unspecified atom stereocenters. The van der Waals surface area contributed by atoms with Gasteiger partial charge in [-0.1, -0.05) is 30.3 Å². The van der Waals surface area contributed by atoms with E-state index in [1.54, 1.807) is 45.4 Å². The fourth-order valence-electron chi connectivity index (χ4n) is 3.58. The number of amides is 1. The molecule has 1 amide bonds. The number of nitrogens with one attached hydrogen (secondary N) is 1.